The Balaban J connectivity index is 2.01. The summed E-state index contributed by atoms with van der Waals surface area (Å²) in [5.74, 6) is -0.936. The molecule has 8 nitrogen and oxygen atoms in total. The molecule has 0 aliphatic carbocycles. The van der Waals surface area contributed by atoms with Crippen molar-refractivity contribution in [2.75, 3.05) is 0 Å². The van der Waals surface area contributed by atoms with Crippen molar-refractivity contribution in [1.82, 2.24) is 25.9 Å². The van der Waals surface area contributed by atoms with Crippen LogP contribution in [0.15, 0.2) is 4.47 Å². The number of urea groups is 1. The molecule has 150 valence electrons. The quantitative estimate of drug-likeness (QED) is 0.401. The molecule has 1 aliphatic rings. The monoisotopic (exact) mass is 441 g/mol. The largest absolute Gasteiger partial charge is 0.344 e. The predicted molar refractivity (Wildman–Crippen MR) is 105 cm³/mol. The number of nitrogens with zero attached hydrogens (tertiary/aromatic N) is 2. The van der Waals surface area contributed by atoms with Crippen molar-refractivity contribution in [1.29, 1.82) is 0 Å². The Morgan fingerprint density at radius 3 is 2.52 bits per heavy atom. The van der Waals surface area contributed by atoms with Gasteiger partial charge in [0.1, 0.15) is 5.54 Å². The first-order valence-electron chi connectivity index (χ1n) is 9.42. The maximum absolute atomic E-state index is 12.7. The lowest BCUT2D eigenvalue weighted by Gasteiger charge is -2.21. The molecule has 27 heavy (non-hydrogen) atoms. The van der Waals surface area contributed by atoms with E-state index >= 15 is 0 Å². The zero-order valence-electron chi connectivity index (χ0n) is 16.3. The Kier molecular flexibility index (Phi) is 7.02. The van der Waals surface area contributed by atoms with Crippen LogP contribution in [0.1, 0.15) is 88.3 Å². The zero-order valence-corrected chi connectivity index (χ0v) is 17.9. The van der Waals surface area contributed by atoms with Gasteiger partial charge in [-0.05, 0) is 35.2 Å². The van der Waals surface area contributed by atoms with Crippen LogP contribution >= 0.6 is 15.9 Å². The van der Waals surface area contributed by atoms with Crippen molar-refractivity contribution in [3.8, 4) is 0 Å². The first-order chi connectivity index (χ1) is 12.7. The smallest absolute Gasteiger partial charge is 0.322 e. The summed E-state index contributed by atoms with van der Waals surface area (Å²) >= 11 is 3.35. The standard InChI is InChI=1S/C18H28BrN5O3/c1-5-6-7-8-9-10-18(4)16(26)24(17(27)20-18)23-15(25)14-12(19)13(11(2)3)21-22-14/h11H,5-10H2,1-4H3,(H,20,27)(H,21,22)(H,23,25). The van der Waals surface area contributed by atoms with Crippen LogP contribution in [0, 0.1) is 0 Å². The summed E-state index contributed by atoms with van der Waals surface area (Å²) < 4.78 is 0.528. The van der Waals surface area contributed by atoms with E-state index < -0.39 is 23.4 Å². The van der Waals surface area contributed by atoms with E-state index in [0.717, 1.165) is 42.8 Å². The lowest BCUT2D eigenvalue weighted by Crippen LogP contribution is -2.48. The number of imide groups is 1. The molecular formula is C18H28BrN5O3. The van der Waals surface area contributed by atoms with Gasteiger partial charge in [0.15, 0.2) is 5.69 Å². The Hall–Kier alpha value is -1.90. The van der Waals surface area contributed by atoms with Crippen LogP contribution in [0.25, 0.3) is 0 Å². The van der Waals surface area contributed by atoms with Crippen LogP contribution in [0.5, 0.6) is 0 Å². The molecule has 0 bridgehead atoms. The molecule has 0 aromatic carbocycles. The third-order valence-corrected chi connectivity index (χ3v) is 5.58. The van der Waals surface area contributed by atoms with Gasteiger partial charge in [0.2, 0.25) is 0 Å². The van der Waals surface area contributed by atoms with Gasteiger partial charge in [0, 0.05) is 0 Å². The third kappa shape index (κ3) is 4.69. The van der Waals surface area contributed by atoms with Crippen LogP contribution in [0.2, 0.25) is 0 Å². The average molecular weight is 442 g/mol. The predicted octanol–water partition coefficient (Wildman–Crippen LogP) is 3.61. The second kappa shape index (κ2) is 8.86. The van der Waals surface area contributed by atoms with Crippen LogP contribution < -0.4 is 10.7 Å². The molecule has 1 saturated heterocycles. The van der Waals surface area contributed by atoms with Gasteiger partial charge < -0.3 is 5.32 Å². The summed E-state index contributed by atoms with van der Waals surface area (Å²) in [6.07, 6.45) is 5.81. The molecule has 1 fully saturated rings. The van der Waals surface area contributed by atoms with Gasteiger partial charge in [0.05, 0.1) is 10.2 Å². The molecule has 1 aromatic rings. The highest BCUT2D eigenvalue weighted by Gasteiger charge is 2.48. The number of halogens is 1. The van der Waals surface area contributed by atoms with Gasteiger partial charge in [0.25, 0.3) is 11.8 Å². The van der Waals surface area contributed by atoms with Gasteiger partial charge in [-0.3, -0.25) is 20.1 Å². The lowest BCUT2D eigenvalue weighted by atomic mass is 9.94. The average Bonchev–Trinajstić information content (AvgIpc) is 3.08. The molecule has 3 N–H and O–H groups in total. The zero-order chi connectivity index (χ0) is 20.2. The van der Waals surface area contributed by atoms with Crippen molar-refractivity contribution < 1.29 is 14.4 Å². The number of unbranched alkanes of at least 4 members (excludes halogenated alkanes) is 4. The minimum absolute atomic E-state index is 0.104. The maximum Gasteiger partial charge on any atom is 0.344 e. The van der Waals surface area contributed by atoms with Gasteiger partial charge in [-0.2, -0.15) is 10.1 Å². The molecule has 1 atom stereocenters. The topological polar surface area (TPSA) is 107 Å². The molecule has 2 rings (SSSR count). The van der Waals surface area contributed by atoms with E-state index in [1.165, 1.54) is 0 Å². The summed E-state index contributed by atoms with van der Waals surface area (Å²) in [5, 5.41) is 10.2. The summed E-state index contributed by atoms with van der Waals surface area (Å²) in [7, 11) is 0. The molecule has 4 amide bonds. The summed E-state index contributed by atoms with van der Waals surface area (Å²) in [6, 6.07) is -0.625. The normalized spacial score (nSPS) is 19.7. The summed E-state index contributed by atoms with van der Waals surface area (Å²) in [6.45, 7) is 7.76. The van der Waals surface area contributed by atoms with E-state index in [1.54, 1.807) is 6.92 Å². The fourth-order valence-electron chi connectivity index (χ4n) is 3.07. The number of hydrazine groups is 1. The van der Waals surface area contributed by atoms with Crippen LogP contribution in [-0.4, -0.2) is 38.6 Å². The summed E-state index contributed by atoms with van der Waals surface area (Å²) in [4.78, 5) is 37.4. The molecule has 0 spiro atoms. The van der Waals surface area contributed by atoms with Crippen LogP contribution in [0.3, 0.4) is 0 Å². The highest BCUT2D eigenvalue weighted by atomic mass is 79.9. The molecule has 2 heterocycles. The van der Waals surface area contributed by atoms with Crippen molar-refractivity contribution >= 4 is 33.8 Å². The molecule has 9 heteroatoms. The van der Waals surface area contributed by atoms with Gasteiger partial charge >= 0.3 is 6.03 Å². The molecular weight excluding hydrogens is 414 g/mol. The van der Waals surface area contributed by atoms with E-state index in [1.807, 2.05) is 13.8 Å². The number of aromatic amines is 1. The number of aromatic nitrogens is 2. The molecule has 1 aliphatic heterocycles. The fraction of sp³-hybridized carbons (Fsp3) is 0.667. The number of rotatable bonds is 9. The first-order valence-corrected chi connectivity index (χ1v) is 10.2. The molecule has 1 unspecified atom stereocenters. The Bertz CT molecular complexity index is 718. The van der Waals surface area contributed by atoms with E-state index in [2.05, 4.69) is 43.8 Å². The number of H-pyrrole nitrogens is 1. The number of hydrogen-bond donors (Lipinski definition) is 3. The number of hydrogen-bond acceptors (Lipinski definition) is 4. The second-order valence-electron chi connectivity index (χ2n) is 7.46. The van der Waals surface area contributed by atoms with Gasteiger partial charge in [-0.15, -0.1) is 0 Å². The van der Waals surface area contributed by atoms with Crippen molar-refractivity contribution in [2.24, 2.45) is 0 Å². The highest BCUT2D eigenvalue weighted by Crippen LogP contribution is 2.26. The molecule has 1 aromatic heterocycles. The summed E-state index contributed by atoms with van der Waals surface area (Å²) in [5.41, 5.74) is 2.25. The minimum atomic E-state index is -0.998. The Morgan fingerprint density at radius 2 is 1.93 bits per heavy atom. The van der Waals surface area contributed by atoms with Crippen molar-refractivity contribution in [2.45, 2.75) is 77.7 Å². The van der Waals surface area contributed by atoms with E-state index in [-0.39, 0.29) is 11.6 Å². The lowest BCUT2D eigenvalue weighted by molar-refractivity contribution is -0.132. The van der Waals surface area contributed by atoms with Gasteiger partial charge in [-0.25, -0.2) is 4.79 Å². The van der Waals surface area contributed by atoms with Crippen LogP contribution in [0.4, 0.5) is 4.79 Å². The van der Waals surface area contributed by atoms with Crippen LogP contribution in [-0.2, 0) is 4.79 Å². The minimum Gasteiger partial charge on any atom is -0.322 e. The van der Waals surface area contributed by atoms with Gasteiger partial charge in [-0.1, -0.05) is 52.9 Å². The molecule has 0 radical (unpaired) electrons. The maximum atomic E-state index is 12.7. The first kappa shape index (κ1) is 21.4. The second-order valence-corrected chi connectivity index (χ2v) is 8.26. The van der Waals surface area contributed by atoms with E-state index in [9.17, 15) is 14.4 Å². The third-order valence-electron chi connectivity index (χ3n) is 4.78. The Morgan fingerprint density at radius 1 is 1.26 bits per heavy atom. The van der Waals surface area contributed by atoms with Crippen molar-refractivity contribution in [3.05, 3.63) is 15.9 Å². The number of carbonyl (C=O) groups excluding carboxylic acids is 3. The number of amides is 4. The Labute approximate surface area is 167 Å². The number of nitrogens with one attached hydrogen (secondary N) is 3. The fourth-order valence-corrected chi connectivity index (χ4v) is 3.88. The highest BCUT2D eigenvalue weighted by molar-refractivity contribution is 9.10. The number of carbonyl (C=O) groups is 3. The van der Waals surface area contributed by atoms with Crippen molar-refractivity contribution in [3.63, 3.8) is 0 Å². The molecule has 0 saturated carbocycles. The van der Waals surface area contributed by atoms with E-state index in [0.29, 0.717) is 10.9 Å². The van der Waals surface area contributed by atoms with E-state index in [4.69, 9.17) is 0 Å². The SMILES string of the molecule is CCCCCCCC1(C)NC(=O)N(NC(=O)c2n[nH]c(C(C)C)c2Br)C1=O.